The predicted octanol–water partition coefficient (Wildman–Crippen LogP) is 6.52. The quantitative estimate of drug-likeness (QED) is 0.256. The molecule has 5 aromatic rings. The van der Waals surface area contributed by atoms with E-state index in [0.29, 0.717) is 24.6 Å². The van der Waals surface area contributed by atoms with Crippen LogP contribution in [-0.4, -0.2) is 59.8 Å². The number of hydrogen-bond donors (Lipinski definition) is 1. The number of nitrogens with zero attached hydrogens (tertiary/aromatic N) is 3. The summed E-state index contributed by atoms with van der Waals surface area (Å²) in [6, 6.07) is 31.1. The van der Waals surface area contributed by atoms with E-state index < -0.39 is 10.8 Å². The highest BCUT2D eigenvalue weighted by atomic mass is 32.1. The summed E-state index contributed by atoms with van der Waals surface area (Å²) in [7, 11) is 2.10. The third-order valence-electron chi connectivity index (χ3n) is 10.2. The molecule has 1 aromatic heterocycles. The molecule has 0 spiro atoms. The van der Waals surface area contributed by atoms with Crippen LogP contribution in [0.5, 0.6) is 0 Å². The third kappa shape index (κ3) is 3.92. The fourth-order valence-corrected chi connectivity index (χ4v) is 8.76. The average Bonchev–Trinajstić information content (AvgIpc) is 3.52. The van der Waals surface area contributed by atoms with E-state index in [9.17, 15) is 9.59 Å². The van der Waals surface area contributed by atoms with Gasteiger partial charge in [0.2, 0.25) is 11.8 Å². The van der Waals surface area contributed by atoms with Gasteiger partial charge in [0.05, 0.1) is 11.1 Å². The molecule has 1 N–H and O–H groups in total. The van der Waals surface area contributed by atoms with Crippen molar-refractivity contribution >= 4 is 39.1 Å². The van der Waals surface area contributed by atoms with Crippen LogP contribution in [0.4, 0.5) is 5.13 Å². The molecule has 1 saturated heterocycles. The van der Waals surface area contributed by atoms with Crippen molar-refractivity contribution in [2.75, 3.05) is 38.5 Å². The van der Waals surface area contributed by atoms with Crippen LogP contribution in [-0.2, 0) is 15.0 Å². The number of carbonyl (C=O) groups is 2. The van der Waals surface area contributed by atoms with E-state index >= 15 is 0 Å². The minimum atomic E-state index is -0.930. The lowest BCUT2D eigenvalue weighted by molar-refractivity contribution is -0.141. The zero-order chi connectivity index (χ0) is 30.1. The van der Waals surface area contributed by atoms with Gasteiger partial charge in [-0.05, 0) is 53.4 Å². The Balaban J connectivity index is 1.20. The number of nitrogens with one attached hydrogen (secondary N) is 1. The molecule has 1 atom stereocenters. The minimum Gasteiger partial charge on any atom is -0.339 e. The Morgan fingerprint density at radius 1 is 0.841 bits per heavy atom. The molecule has 3 aliphatic carbocycles. The number of rotatable bonds is 4. The molecule has 1 unspecified atom stereocenters. The van der Waals surface area contributed by atoms with Crippen LogP contribution in [0.25, 0.3) is 22.0 Å². The number of hydrogen-bond acceptors (Lipinski definition) is 5. The zero-order valence-corrected chi connectivity index (χ0v) is 25.7. The largest absolute Gasteiger partial charge is 0.339 e. The third-order valence-corrected chi connectivity index (χ3v) is 11.0. The van der Waals surface area contributed by atoms with Crippen LogP contribution < -0.4 is 5.32 Å². The second kappa shape index (κ2) is 10.1. The van der Waals surface area contributed by atoms with Crippen molar-refractivity contribution < 1.29 is 9.59 Å². The second-order valence-electron chi connectivity index (χ2n) is 12.7. The van der Waals surface area contributed by atoms with E-state index in [-0.39, 0.29) is 17.7 Å². The molecule has 0 radical (unpaired) electrons. The molecule has 7 heteroatoms. The number of piperazine rings is 1. The van der Waals surface area contributed by atoms with E-state index in [1.807, 2.05) is 59.7 Å². The van der Waals surface area contributed by atoms with Gasteiger partial charge in [-0.2, -0.15) is 0 Å². The van der Waals surface area contributed by atoms with E-state index in [0.717, 1.165) is 57.4 Å². The molecule has 1 aliphatic heterocycles. The molecular weight excluding hydrogens is 565 g/mol. The number of benzene rings is 4. The Hall–Kier alpha value is -4.33. The molecule has 0 saturated carbocycles. The van der Waals surface area contributed by atoms with Gasteiger partial charge in [0.1, 0.15) is 5.41 Å². The Labute approximate surface area is 261 Å². The first-order valence-corrected chi connectivity index (χ1v) is 16.2. The summed E-state index contributed by atoms with van der Waals surface area (Å²) in [6.07, 6.45) is 0.414. The lowest BCUT2D eigenvalue weighted by Gasteiger charge is -2.57. The fourth-order valence-electron chi connectivity index (χ4n) is 8.06. The Morgan fingerprint density at radius 2 is 1.48 bits per heavy atom. The summed E-state index contributed by atoms with van der Waals surface area (Å²) < 4.78 is 0. The first-order valence-electron chi connectivity index (χ1n) is 15.3. The number of thiazole rings is 1. The molecular formula is C37H34N4O2S. The number of amides is 2. The SMILES string of the molecule is CN1CCN(C(=O)C23CC(C)(C(=O)Nc4nc(-c5cccc6ccccc56)cs4)C(c4ccccc42)c2ccccc23)CC1. The average molecular weight is 599 g/mol. The van der Waals surface area contributed by atoms with Gasteiger partial charge in [-0.25, -0.2) is 4.98 Å². The van der Waals surface area contributed by atoms with Crippen molar-refractivity contribution in [3.05, 3.63) is 119 Å². The highest BCUT2D eigenvalue weighted by Gasteiger charge is 2.64. The highest BCUT2D eigenvalue weighted by Crippen LogP contribution is 2.64. The van der Waals surface area contributed by atoms with E-state index in [2.05, 4.69) is 65.8 Å². The minimum absolute atomic E-state index is 0.0964. The molecule has 2 heterocycles. The first-order chi connectivity index (χ1) is 21.4. The lowest BCUT2D eigenvalue weighted by Crippen LogP contribution is -2.62. The number of carbonyl (C=O) groups excluding carboxylic acids is 2. The molecule has 9 rings (SSSR count). The van der Waals surface area contributed by atoms with Crippen LogP contribution in [0.15, 0.2) is 96.4 Å². The number of fused-ring (bicyclic) bond motifs is 2. The standard InChI is InChI=1S/C37H34N4O2S/c1-36(33(42)39-35-38-31(22-44-35)26-15-9-11-24-10-3-4-12-25(24)26)23-37(34(43)41-20-18-40(2)19-21-41)29-16-7-5-13-27(29)32(36)28-14-6-8-17-30(28)37/h3-17,22,32H,18-21,23H2,1-2H3,(H,38,39,42). The topological polar surface area (TPSA) is 65.5 Å². The summed E-state index contributed by atoms with van der Waals surface area (Å²) in [4.78, 5) is 38.6. The molecule has 220 valence electrons. The fraction of sp³-hybridized carbons (Fsp3) is 0.270. The zero-order valence-electron chi connectivity index (χ0n) is 24.9. The molecule has 4 aliphatic rings. The summed E-state index contributed by atoms with van der Waals surface area (Å²) in [5.74, 6) is -0.161. The normalized spacial score (nSPS) is 24.1. The van der Waals surface area contributed by atoms with Gasteiger partial charge < -0.3 is 15.1 Å². The maximum absolute atomic E-state index is 14.9. The maximum atomic E-state index is 14.9. The van der Waals surface area contributed by atoms with Gasteiger partial charge in [0.15, 0.2) is 5.13 Å². The second-order valence-corrected chi connectivity index (χ2v) is 13.6. The molecule has 44 heavy (non-hydrogen) atoms. The molecule has 6 nitrogen and oxygen atoms in total. The van der Waals surface area contributed by atoms with Gasteiger partial charge in [0, 0.05) is 43.0 Å². The van der Waals surface area contributed by atoms with Crippen LogP contribution >= 0.6 is 11.3 Å². The Kier molecular flexibility index (Phi) is 6.26. The predicted molar refractivity (Wildman–Crippen MR) is 176 cm³/mol. The molecule has 4 aromatic carbocycles. The molecule has 2 amide bonds. The van der Waals surface area contributed by atoms with Crippen LogP contribution in [0, 0.1) is 5.41 Å². The summed E-state index contributed by atoms with van der Waals surface area (Å²) >= 11 is 1.44. The van der Waals surface area contributed by atoms with E-state index in [4.69, 9.17) is 4.98 Å². The van der Waals surface area contributed by atoms with Crippen LogP contribution in [0.1, 0.15) is 41.5 Å². The van der Waals surface area contributed by atoms with E-state index in [1.54, 1.807) is 0 Å². The molecule has 1 fully saturated rings. The van der Waals surface area contributed by atoms with Crippen LogP contribution in [0.3, 0.4) is 0 Å². The maximum Gasteiger partial charge on any atom is 0.237 e. The van der Waals surface area contributed by atoms with Gasteiger partial charge in [0.25, 0.3) is 0 Å². The Bertz CT molecular complexity index is 1890. The van der Waals surface area contributed by atoms with Crippen molar-refractivity contribution in [2.24, 2.45) is 5.41 Å². The van der Waals surface area contributed by atoms with Crippen molar-refractivity contribution in [3.63, 3.8) is 0 Å². The van der Waals surface area contributed by atoms with Crippen molar-refractivity contribution in [3.8, 4) is 11.3 Å². The monoisotopic (exact) mass is 598 g/mol. The van der Waals surface area contributed by atoms with Crippen molar-refractivity contribution in [1.29, 1.82) is 0 Å². The van der Waals surface area contributed by atoms with E-state index in [1.165, 1.54) is 11.3 Å². The van der Waals surface area contributed by atoms with Crippen LogP contribution in [0.2, 0.25) is 0 Å². The van der Waals surface area contributed by atoms with Gasteiger partial charge in [-0.15, -0.1) is 11.3 Å². The summed E-state index contributed by atoms with van der Waals surface area (Å²) in [6.45, 7) is 5.10. The molecule has 2 bridgehead atoms. The van der Waals surface area contributed by atoms with Crippen molar-refractivity contribution in [1.82, 2.24) is 14.8 Å². The summed E-state index contributed by atoms with van der Waals surface area (Å²) in [5.41, 5.74) is 4.34. The highest BCUT2D eigenvalue weighted by molar-refractivity contribution is 7.14. The first kappa shape index (κ1) is 27.2. The van der Waals surface area contributed by atoms with Gasteiger partial charge in [-0.1, -0.05) is 91.0 Å². The summed E-state index contributed by atoms with van der Waals surface area (Å²) in [5, 5.41) is 8.08. The van der Waals surface area contributed by atoms with Gasteiger partial charge in [-0.3, -0.25) is 9.59 Å². The number of likely N-dealkylation sites (N-methyl/N-ethyl adjacent to an activating group) is 1. The number of anilines is 1. The smallest absolute Gasteiger partial charge is 0.237 e. The Morgan fingerprint density at radius 3 is 2.20 bits per heavy atom. The number of aromatic nitrogens is 1. The van der Waals surface area contributed by atoms with Crippen molar-refractivity contribution in [2.45, 2.75) is 24.7 Å². The van der Waals surface area contributed by atoms with Gasteiger partial charge >= 0.3 is 0 Å². The lowest BCUT2D eigenvalue weighted by atomic mass is 9.46.